The number of fused-ring (bicyclic) bond motifs is 1. The van der Waals surface area contributed by atoms with Crippen LogP contribution < -0.4 is 21.1 Å². The Bertz CT molecular complexity index is 1080. The largest absolute Gasteiger partial charge is 0.483 e. The third-order valence-corrected chi connectivity index (χ3v) is 5.78. The SMILES string of the molecule is CCOCC(=O)NCCOCCOCCOCCNC(=O)COc1cccc2c1C(=O)N(C(CCC=O)C(N)=O)C2=O. The lowest BCUT2D eigenvalue weighted by molar-refractivity contribution is -0.126. The van der Waals surface area contributed by atoms with Crippen molar-refractivity contribution in [2.45, 2.75) is 25.8 Å². The van der Waals surface area contributed by atoms with Crippen LogP contribution in [0.2, 0.25) is 0 Å². The number of rotatable bonds is 23. The molecule has 0 saturated heterocycles. The van der Waals surface area contributed by atoms with Crippen LogP contribution in [0.1, 0.15) is 40.5 Å². The van der Waals surface area contributed by atoms with Crippen LogP contribution in [-0.4, -0.2) is 119 Å². The number of aldehydes is 1. The van der Waals surface area contributed by atoms with Crippen molar-refractivity contribution in [2.24, 2.45) is 5.73 Å². The second-order valence-electron chi connectivity index (χ2n) is 8.78. The molecule has 0 saturated carbocycles. The van der Waals surface area contributed by atoms with E-state index in [1.807, 2.05) is 6.92 Å². The van der Waals surface area contributed by atoms with E-state index in [9.17, 15) is 28.8 Å². The second kappa shape index (κ2) is 19.2. The highest BCUT2D eigenvalue weighted by molar-refractivity contribution is 6.24. The predicted octanol–water partition coefficient (Wildman–Crippen LogP) is -1.19. The minimum Gasteiger partial charge on any atom is -0.483 e. The Hall–Kier alpha value is -3.92. The molecule has 1 aliphatic rings. The Kier molecular flexibility index (Phi) is 15.7. The molecule has 0 aromatic heterocycles. The summed E-state index contributed by atoms with van der Waals surface area (Å²) < 4.78 is 26.6. The maximum Gasteiger partial charge on any atom is 0.266 e. The van der Waals surface area contributed by atoms with Gasteiger partial charge in [0.25, 0.3) is 17.7 Å². The number of ether oxygens (including phenoxy) is 5. The lowest BCUT2D eigenvalue weighted by Crippen LogP contribution is -2.47. The summed E-state index contributed by atoms with van der Waals surface area (Å²) in [5.74, 6) is -3.09. The Balaban J connectivity index is 1.60. The quantitative estimate of drug-likeness (QED) is 0.0781. The van der Waals surface area contributed by atoms with Gasteiger partial charge in [-0.25, -0.2) is 0 Å². The smallest absolute Gasteiger partial charge is 0.266 e. The zero-order valence-corrected chi connectivity index (χ0v) is 23.6. The number of nitrogens with one attached hydrogen (secondary N) is 2. The summed E-state index contributed by atoms with van der Waals surface area (Å²) >= 11 is 0. The van der Waals surface area contributed by atoms with Gasteiger partial charge in [0.2, 0.25) is 11.8 Å². The fourth-order valence-corrected chi connectivity index (χ4v) is 3.81. The Morgan fingerprint density at radius 2 is 1.48 bits per heavy atom. The number of hydrogen-bond donors (Lipinski definition) is 3. The standard InChI is InChI=1S/C27H38N4O11/c1-2-38-17-22(33)29-8-11-39-13-15-41-16-14-40-12-9-30-23(34)18-42-21-7-3-5-19-24(21)27(37)31(26(19)36)20(25(28)35)6-4-10-32/h3,5,7,10,20H,2,4,6,8-9,11-18H2,1H3,(H2,28,35)(H,29,33)(H,30,34). The average molecular weight is 595 g/mol. The minimum absolute atomic E-state index is 0.00538. The van der Waals surface area contributed by atoms with Gasteiger partial charge in [0, 0.05) is 26.1 Å². The van der Waals surface area contributed by atoms with Crippen LogP contribution in [0, 0.1) is 0 Å². The highest BCUT2D eigenvalue weighted by Gasteiger charge is 2.43. The Labute approximate surface area is 243 Å². The molecule has 0 aliphatic carbocycles. The van der Waals surface area contributed by atoms with E-state index in [0.29, 0.717) is 52.5 Å². The molecule has 1 atom stereocenters. The molecule has 5 amide bonds. The van der Waals surface area contributed by atoms with Crippen molar-refractivity contribution in [1.29, 1.82) is 0 Å². The molecule has 2 rings (SSSR count). The van der Waals surface area contributed by atoms with Gasteiger partial charge in [-0.3, -0.25) is 28.9 Å². The highest BCUT2D eigenvalue weighted by Crippen LogP contribution is 2.32. The van der Waals surface area contributed by atoms with Crippen LogP contribution in [0.15, 0.2) is 18.2 Å². The first-order chi connectivity index (χ1) is 20.3. The van der Waals surface area contributed by atoms with Crippen molar-refractivity contribution in [3.05, 3.63) is 29.3 Å². The Morgan fingerprint density at radius 3 is 2.05 bits per heavy atom. The van der Waals surface area contributed by atoms with E-state index in [1.165, 1.54) is 18.2 Å². The van der Waals surface area contributed by atoms with E-state index in [-0.39, 0.29) is 55.4 Å². The third kappa shape index (κ3) is 11.2. The summed E-state index contributed by atoms with van der Waals surface area (Å²) in [6.45, 7) is 4.44. The van der Waals surface area contributed by atoms with Crippen molar-refractivity contribution < 1.29 is 52.5 Å². The van der Waals surface area contributed by atoms with Gasteiger partial charge in [0.05, 0.1) is 50.8 Å². The molecule has 0 fully saturated rings. The molecule has 42 heavy (non-hydrogen) atoms. The van der Waals surface area contributed by atoms with Crippen LogP contribution in [0.5, 0.6) is 5.75 Å². The normalized spacial score (nSPS) is 13.0. The summed E-state index contributed by atoms with van der Waals surface area (Å²) in [5.41, 5.74) is 5.30. The fraction of sp³-hybridized carbons (Fsp3) is 0.556. The van der Waals surface area contributed by atoms with Gasteiger partial charge in [-0.1, -0.05) is 6.07 Å². The van der Waals surface area contributed by atoms with Crippen LogP contribution in [0.3, 0.4) is 0 Å². The van der Waals surface area contributed by atoms with Crippen molar-refractivity contribution in [3.63, 3.8) is 0 Å². The molecule has 1 aromatic carbocycles. The Morgan fingerprint density at radius 1 is 0.881 bits per heavy atom. The summed E-state index contributed by atoms with van der Waals surface area (Å²) in [6, 6.07) is 3.04. The van der Waals surface area contributed by atoms with Crippen LogP contribution in [0.25, 0.3) is 0 Å². The molecule has 1 heterocycles. The topological polar surface area (TPSA) is 202 Å². The van der Waals surface area contributed by atoms with E-state index in [1.54, 1.807) is 0 Å². The molecule has 232 valence electrons. The molecule has 1 aliphatic heterocycles. The summed E-state index contributed by atoms with van der Waals surface area (Å²) in [4.78, 5) is 72.7. The maximum atomic E-state index is 13.0. The number of imide groups is 1. The summed E-state index contributed by atoms with van der Waals surface area (Å²) in [5, 5.41) is 5.27. The zero-order valence-electron chi connectivity index (χ0n) is 23.6. The van der Waals surface area contributed by atoms with Crippen molar-refractivity contribution >= 4 is 35.8 Å². The maximum absolute atomic E-state index is 13.0. The third-order valence-electron chi connectivity index (χ3n) is 5.78. The van der Waals surface area contributed by atoms with Gasteiger partial charge < -0.3 is 44.8 Å². The van der Waals surface area contributed by atoms with Gasteiger partial charge in [-0.05, 0) is 25.5 Å². The van der Waals surface area contributed by atoms with E-state index < -0.39 is 36.3 Å². The van der Waals surface area contributed by atoms with Gasteiger partial charge in [-0.2, -0.15) is 0 Å². The first kappa shape index (κ1) is 34.3. The molecule has 0 bridgehead atoms. The zero-order chi connectivity index (χ0) is 30.7. The number of hydrogen-bond acceptors (Lipinski definition) is 11. The van der Waals surface area contributed by atoms with Crippen LogP contribution in [-0.2, 0) is 38.1 Å². The van der Waals surface area contributed by atoms with Gasteiger partial charge in [0.1, 0.15) is 24.7 Å². The number of benzene rings is 1. The second-order valence-corrected chi connectivity index (χ2v) is 8.78. The highest BCUT2D eigenvalue weighted by atomic mass is 16.5. The average Bonchev–Trinajstić information content (AvgIpc) is 3.23. The van der Waals surface area contributed by atoms with E-state index in [0.717, 1.165) is 4.90 Å². The molecule has 0 radical (unpaired) electrons. The molecule has 0 spiro atoms. The van der Waals surface area contributed by atoms with Crippen molar-refractivity contribution in [2.75, 3.05) is 72.6 Å². The monoisotopic (exact) mass is 594 g/mol. The predicted molar refractivity (Wildman–Crippen MR) is 146 cm³/mol. The van der Waals surface area contributed by atoms with Gasteiger partial charge in [-0.15, -0.1) is 0 Å². The van der Waals surface area contributed by atoms with E-state index in [4.69, 9.17) is 29.4 Å². The molecule has 1 aromatic rings. The molecule has 15 heteroatoms. The number of nitrogens with zero attached hydrogens (tertiary/aromatic N) is 1. The number of primary amides is 1. The number of carbonyl (C=O) groups excluding carboxylic acids is 6. The van der Waals surface area contributed by atoms with Gasteiger partial charge in [0.15, 0.2) is 6.61 Å². The van der Waals surface area contributed by atoms with E-state index in [2.05, 4.69) is 10.6 Å². The van der Waals surface area contributed by atoms with Crippen LogP contribution >= 0.6 is 0 Å². The molecular formula is C27H38N4O11. The first-order valence-electron chi connectivity index (χ1n) is 13.5. The van der Waals surface area contributed by atoms with Gasteiger partial charge >= 0.3 is 0 Å². The fourth-order valence-electron chi connectivity index (χ4n) is 3.81. The van der Waals surface area contributed by atoms with Crippen molar-refractivity contribution in [1.82, 2.24) is 15.5 Å². The number of carbonyl (C=O) groups is 6. The lowest BCUT2D eigenvalue weighted by atomic mass is 10.1. The summed E-state index contributed by atoms with van der Waals surface area (Å²) in [6.07, 6.45) is 0.412. The van der Waals surface area contributed by atoms with Crippen molar-refractivity contribution in [3.8, 4) is 5.75 Å². The number of nitrogens with two attached hydrogens (primary N) is 1. The molecular weight excluding hydrogens is 556 g/mol. The molecule has 15 nitrogen and oxygen atoms in total. The summed E-state index contributed by atoms with van der Waals surface area (Å²) in [7, 11) is 0. The first-order valence-corrected chi connectivity index (χ1v) is 13.5. The number of amides is 5. The minimum atomic E-state index is -1.28. The molecule has 1 unspecified atom stereocenters. The van der Waals surface area contributed by atoms with E-state index >= 15 is 0 Å². The molecule has 4 N–H and O–H groups in total. The lowest BCUT2D eigenvalue weighted by Gasteiger charge is -2.22. The van der Waals surface area contributed by atoms with Crippen LogP contribution in [0.4, 0.5) is 0 Å².